The van der Waals surface area contributed by atoms with Crippen LogP contribution in [0.25, 0.3) is 0 Å². The normalized spacial score (nSPS) is 10.0. The fourth-order valence-corrected chi connectivity index (χ4v) is 2.09. The topological polar surface area (TPSA) is 77.2 Å². The molecule has 0 aliphatic rings. The summed E-state index contributed by atoms with van der Waals surface area (Å²) >= 11 is 0. The van der Waals surface area contributed by atoms with Crippen molar-refractivity contribution in [1.82, 2.24) is 0 Å². The highest BCUT2D eigenvalue weighted by atomic mass is 32.2. The number of carbonyl (C=O) groups is 1. The van der Waals surface area contributed by atoms with Crippen LogP contribution in [-0.4, -0.2) is 26.5 Å². The van der Waals surface area contributed by atoms with E-state index < -0.39 is 9.84 Å². The second-order valence-corrected chi connectivity index (χ2v) is 6.67. The molecule has 0 fully saturated rings. The highest BCUT2D eigenvalue weighted by Crippen LogP contribution is 2.12. The minimum absolute atomic E-state index is 0.0806. The summed E-state index contributed by atoms with van der Waals surface area (Å²) in [6, 6.07) is 7.09. The minimum atomic E-state index is -3.09. The summed E-state index contributed by atoms with van der Waals surface area (Å²) in [4.78, 5) is 11.2. The van der Waals surface area contributed by atoms with Gasteiger partial charge in [-0.1, -0.05) is 52.0 Å². The average molecular weight is 301 g/mol. The van der Waals surface area contributed by atoms with E-state index in [0.29, 0.717) is 17.2 Å². The Labute approximate surface area is 123 Å². The Hall–Kier alpha value is -1.20. The van der Waals surface area contributed by atoms with Crippen molar-refractivity contribution < 1.29 is 13.2 Å². The lowest BCUT2D eigenvalue weighted by Crippen LogP contribution is -2.06. The Bertz CT molecular complexity index is 491. The molecule has 5 heteroatoms. The zero-order chi connectivity index (χ0) is 16.3. The molecule has 4 nitrogen and oxygen atoms in total. The maximum Gasteiger partial charge on any atom is 0.160 e. The molecule has 0 saturated carbocycles. The highest BCUT2D eigenvalue weighted by Gasteiger charge is 2.10. The Kier molecular flexibility index (Phi) is 11.2. The zero-order valence-electron chi connectivity index (χ0n) is 13.3. The van der Waals surface area contributed by atoms with Crippen LogP contribution in [0.4, 0.5) is 0 Å². The standard InChI is InChI=1S/C10H12O3S.C3H9N.C2H6/c1-8(11)10-6-4-3-5-9(10)7-14(2,12)13;1-3(2)4;1-2/h3-6H,7H2,1-2H3;3H,4H2,1-2H3;1-2H3. The molecule has 0 atom stereocenters. The number of benzene rings is 1. The summed E-state index contributed by atoms with van der Waals surface area (Å²) < 4.78 is 22.1. The monoisotopic (exact) mass is 301 g/mol. The summed E-state index contributed by atoms with van der Waals surface area (Å²) in [5, 5.41) is 0. The van der Waals surface area contributed by atoms with Crippen LogP contribution in [0.3, 0.4) is 0 Å². The van der Waals surface area contributed by atoms with Gasteiger partial charge in [0, 0.05) is 11.8 Å². The van der Waals surface area contributed by atoms with Crippen LogP contribution in [0.2, 0.25) is 0 Å². The van der Waals surface area contributed by atoms with E-state index in [1.807, 2.05) is 27.7 Å². The Balaban J connectivity index is 0. The van der Waals surface area contributed by atoms with Gasteiger partial charge < -0.3 is 5.73 Å². The van der Waals surface area contributed by atoms with Crippen LogP contribution in [0.15, 0.2) is 24.3 Å². The van der Waals surface area contributed by atoms with Gasteiger partial charge >= 0.3 is 0 Å². The van der Waals surface area contributed by atoms with Crippen molar-refractivity contribution >= 4 is 15.6 Å². The molecule has 0 radical (unpaired) electrons. The predicted molar refractivity (Wildman–Crippen MR) is 85.7 cm³/mol. The molecular formula is C15H27NO3S. The van der Waals surface area contributed by atoms with E-state index in [9.17, 15) is 13.2 Å². The third kappa shape index (κ3) is 11.9. The van der Waals surface area contributed by atoms with E-state index in [-0.39, 0.29) is 11.5 Å². The van der Waals surface area contributed by atoms with Gasteiger partial charge in [-0.15, -0.1) is 0 Å². The number of Topliss-reactive ketones (excluding diaryl/α,β-unsaturated/α-hetero) is 1. The van der Waals surface area contributed by atoms with Gasteiger partial charge in [0.05, 0.1) is 5.75 Å². The van der Waals surface area contributed by atoms with Crippen LogP contribution in [-0.2, 0) is 15.6 Å². The first-order chi connectivity index (χ1) is 9.13. The third-order valence-electron chi connectivity index (χ3n) is 1.81. The molecule has 1 aromatic carbocycles. The number of rotatable bonds is 3. The molecule has 20 heavy (non-hydrogen) atoms. The summed E-state index contributed by atoms with van der Waals surface area (Å²) in [6.07, 6.45) is 1.16. The van der Waals surface area contributed by atoms with Crippen LogP contribution >= 0.6 is 0 Å². The molecule has 0 bridgehead atoms. The lowest BCUT2D eigenvalue weighted by atomic mass is 10.1. The number of sulfone groups is 1. The van der Waals surface area contributed by atoms with Crippen molar-refractivity contribution in [3.8, 4) is 0 Å². The number of hydrogen-bond donors (Lipinski definition) is 1. The minimum Gasteiger partial charge on any atom is -0.328 e. The second kappa shape index (κ2) is 10.6. The number of carbonyl (C=O) groups excluding carboxylic acids is 1. The van der Waals surface area contributed by atoms with Crippen molar-refractivity contribution in [2.24, 2.45) is 5.73 Å². The van der Waals surface area contributed by atoms with E-state index in [0.717, 1.165) is 6.26 Å². The molecule has 0 heterocycles. The predicted octanol–water partition coefficient (Wildman–Crippen LogP) is 2.81. The molecule has 0 aliphatic heterocycles. The molecule has 0 amide bonds. The summed E-state index contributed by atoms with van der Waals surface area (Å²) in [6.45, 7) is 9.32. The van der Waals surface area contributed by atoms with Crippen molar-refractivity contribution in [3.63, 3.8) is 0 Å². The molecule has 1 rings (SSSR count). The van der Waals surface area contributed by atoms with E-state index in [4.69, 9.17) is 5.73 Å². The maximum absolute atomic E-state index is 11.2. The first kappa shape index (κ1) is 21.1. The fourth-order valence-electron chi connectivity index (χ4n) is 1.27. The van der Waals surface area contributed by atoms with Gasteiger partial charge in [0.1, 0.15) is 0 Å². The van der Waals surface area contributed by atoms with Crippen molar-refractivity contribution in [3.05, 3.63) is 35.4 Å². The van der Waals surface area contributed by atoms with E-state index in [1.54, 1.807) is 24.3 Å². The molecule has 116 valence electrons. The zero-order valence-corrected chi connectivity index (χ0v) is 14.1. The van der Waals surface area contributed by atoms with Gasteiger partial charge in [-0.3, -0.25) is 4.79 Å². The van der Waals surface area contributed by atoms with Crippen molar-refractivity contribution in [2.75, 3.05) is 6.26 Å². The van der Waals surface area contributed by atoms with E-state index in [1.165, 1.54) is 6.92 Å². The molecule has 0 spiro atoms. The Morgan fingerprint density at radius 2 is 1.60 bits per heavy atom. The van der Waals surface area contributed by atoms with Crippen molar-refractivity contribution in [1.29, 1.82) is 0 Å². The molecule has 2 N–H and O–H groups in total. The molecule has 0 saturated heterocycles. The van der Waals surface area contributed by atoms with Gasteiger partial charge in [0.15, 0.2) is 15.6 Å². The van der Waals surface area contributed by atoms with Gasteiger partial charge in [0.2, 0.25) is 0 Å². The lowest BCUT2D eigenvalue weighted by Gasteiger charge is -2.04. The average Bonchev–Trinajstić information content (AvgIpc) is 2.29. The van der Waals surface area contributed by atoms with Crippen molar-refractivity contribution in [2.45, 2.75) is 46.4 Å². The van der Waals surface area contributed by atoms with Crippen LogP contribution in [0.1, 0.15) is 50.5 Å². The highest BCUT2D eigenvalue weighted by molar-refractivity contribution is 7.89. The number of hydrogen-bond acceptors (Lipinski definition) is 4. The van der Waals surface area contributed by atoms with Gasteiger partial charge in [-0.25, -0.2) is 8.42 Å². The first-order valence-corrected chi connectivity index (χ1v) is 8.71. The molecule has 0 aromatic heterocycles. The molecule has 0 unspecified atom stereocenters. The van der Waals surface area contributed by atoms with Gasteiger partial charge in [0.25, 0.3) is 0 Å². The van der Waals surface area contributed by atoms with Gasteiger partial charge in [-0.2, -0.15) is 0 Å². The fraction of sp³-hybridized carbons (Fsp3) is 0.533. The summed E-state index contributed by atoms with van der Waals surface area (Å²) in [5.41, 5.74) is 6.17. The van der Waals surface area contributed by atoms with Gasteiger partial charge in [-0.05, 0) is 18.5 Å². The van der Waals surface area contributed by atoms with Crippen LogP contribution in [0.5, 0.6) is 0 Å². The summed E-state index contributed by atoms with van der Waals surface area (Å²) in [7, 11) is -3.09. The number of ketones is 1. The Morgan fingerprint density at radius 3 is 1.95 bits per heavy atom. The summed E-state index contributed by atoms with van der Waals surface area (Å²) in [5.74, 6) is -0.188. The van der Waals surface area contributed by atoms with E-state index >= 15 is 0 Å². The first-order valence-electron chi connectivity index (χ1n) is 6.65. The maximum atomic E-state index is 11.2. The quantitative estimate of drug-likeness (QED) is 0.871. The number of nitrogens with two attached hydrogens (primary N) is 1. The Morgan fingerprint density at radius 1 is 1.20 bits per heavy atom. The SMILES string of the molecule is CC.CC(=O)c1ccccc1CS(C)(=O)=O.CC(C)N. The largest absolute Gasteiger partial charge is 0.328 e. The molecule has 1 aromatic rings. The second-order valence-electron chi connectivity index (χ2n) is 4.53. The molecule has 0 aliphatic carbocycles. The lowest BCUT2D eigenvalue weighted by molar-refractivity contribution is 0.101. The van der Waals surface area contributed by atoms with Crippen LogP contribution in [0, 0.1) is 0 Å². The third-order valence-corrected chi connectivity index (χ3v) is 2.65. The molecular weight excluding hydrogens is 274 g/mol. The van der Waals surface area contributed by atoms with Crippen LogP contribution < -0.4 is 5.73 Å². The smallest absolute Gasteiger partial charge is 0.160 e. The van der Waals surface area contributed by atoms with E-state index in [2.05, 4.69) is 0 Å².